The lowest BCUT2D eigenvalue weighted by molar-refractivity contribution is -0.133. The van der Waals surface area contributed by atoms with Crippen molar-refractivity contribution in [3.63, 3.8) is 0 Å². The topological polar surface area (TPSA) is 50.8 Å². The van der Waals surface area contributed by atoms with Gasteiger partial charge in [0.15, 0.2) is 0 Å². The van der Waals surface area contributed by atoms with Gasteiger partial charge in [0.25, 0.3) is 0 Å². The predicted molar refractivity (Wildman–Crippen MR) is 113 cm³/mol. The minimum absolute atomic E-state index is 0. The number of nitrogens with one attached hydrogen (secondary N) is 1. The number of carbonyl (C=O) groups is 1. The molecule has 1 atom stereocenters. The summed E-state index contributed by atoms with van der Waals surface area (Å²) in [7, 11) is 1.67. The molecule has 0 spiro atoms. The van der Waals surface area contributed by atoms with Crippen LogP contribution in [0.1, 0.15) is 31.0 Å². The van der Waals surface area contributed by atoms with E-state index in [1.807, 2.05) is 67.3 Å². The van der Waals surface area contributed by atoms with Crippen LogP contribution < -0.4 is 14.8 Å². The summed E-state index contributed by atoms with van der Waals surface area (Å²) in [6.07, 6.45) is 0.472. The molecule has 5 nitrogen and oxygen atoms in total. The Bertz CT molecular complexity index is 782. The van der Waals surface area contributed by atoms with E-state index < -0.39 is 0 Å². The third kappa shape index (κ3) is 5.40. The largest absolute Gasteiger partial charge is 0.496 e. The first-order valence-corrected chi connectivity index (χ1v) is 9.47. The first-order valence-electron chi connectivity index (χ1n) is 9.47. The summed E-state index contributed by atoms with van der Waals surface area (Å²) in [4.78, 5) is 15.1. The lowest BCUT2D eigenvalue weighted by Crippen LogP contribution is -2.49. The number of carbonyl (C=O) groups excluding carboxylic acids is 1. The smallest absolute Gasteiger partial charge is 0.227 e. The Morgan fingerprint density at radius 2 is 2.00 bits per heavy atom. The molecule has 6 heteroatoms. The number of amides is 1. The first-order chi connectivity index (χ1) is 13.1. The van der Waals surface area contributed by atoms with E-state index in [1.165, 1.54) is 0 Å². The van der Waals surface area contributed by atoms with E-state index in [9.17, 15) is 4.79 Å². The van der Waals surface area contributed by atoms with Gasteiger partial charge in [0, 0.05) is 25.2 Å². The minimum Gasteiger partial charge on any atom is -0.496 e. The van der Waals surface area contributed by atoms with Crippen LogP contribution in [0.2, 0.25) is 0 Å². The fourth-order valence-corrected chi connectivity index (χ4v) is 3.50. The van der Waals surface area contributed by atoms with Crippen molar-refractivity contribution in [3.8, 4) is 11.5 Å². The Morgan fingerprint density at radius 1 is 1.21 bits per heavy atom. The third-order valence-electron chi connectivity index (χ3n) is 4.69. The van der Waals surface area contributed by atoms with Crippen LogP contribution in [0.4, 0.5) is 0 Å². The molecule has 1 heterocycles. The molecule has 1 N–H and O–H groups in total. The summed E-state index contributed by atoms with van der Waals surface area (Å²) < 4.78 is 11.3. The molecule has 2 aromatic rings. The zero-order valence-corrected chi connectivity index (χ0v) is 17.5. The fourth-order valence-electron chi connectivity index (χ4n) is 3.50. The van der Waals surface area contributed by atoms with Gasteiger partial charge in [-0.25, -0.2) is 0 Å². The number of para-hydroxylation sites is 1. The van der Waals surface area contributed by atoms with E-state index >= 15 is 0 Å². The normalized spacial score (nSPS) is 16.4. The van der Waals surface area contributed by atoms with Crippen LogP contribution in [0.5, 0.6) is 11.5 Å². The molecule has 28 heavy (non-hydrogen) atoms. The molecule has 0 saturated carbocycles. The SMILES string of the molecule is COc1ccccc1C1CNCCN1C(=O)Cc1cccc(OC(C)C)c1.Cl. The monoisotopic (exact) mass is 404 g/mol. The Kier molecular flexibility index (Phi) is 8.15. The number of halogens is 1. The molecule has 0 aliphatic carbocycles. The van der Waals surface area contributed by atoms with Gasteiger partial charge < -0.3 is 19.7 Å². The molecule has 1 unspecified atom stereocenters. The van der Waals surface area contributed by atoms with Crippen molar-refractivity contribution in [2.24, 2.45) is 0 Å². The molecular formula is C22H29ClN2O3. The summed E-state index contributed by atoms with van der Waals surface area (Å²) in [5.74, 6) is 1.74. The lowest BCUT2D eigenvalue weighted by atomic mass is 10.0. The number of ether oxygens (including phenoxy) is 2. The van der Waals surface area contributed by atoms with Crippen LogP contribution in [0, 0.1) is 0 Å². The Morgan fingerprint density at radius 3 is 2.75 bits per heavy atom. The maximum Gasteiger partial charge on any atom is 0.227 e. The maximum absolute atomic E-state index is 13.1. The number of piperazine rings is 1. The number of hydrogen-bond donors (Lipinski definition) is 1. The van der Waals surface area contributed by atoms with E-state index in [2.05, 4.69) is 5.32 Å². The molecule has 3 rings (SSSR count). The highest BCUT2D eigenvalue weighted by Gasteiger charge is 2.29. The Hall–Kier alpha value is -2.24. The van der Waals surface area contributed by atoms with Crippen molar-refractivity contribution < 1.29 is 14.3 Å². The van der Waals surface area contributed by atoms with Gasteiger partial charge in [-0.05, 0) is 37.6 Å². The highest BCUT2D eigenvalue weighted by atomic mass is 35.5. The van der Waals surface area contributed by atoms with Gasteiger partial charge in [-0.2, -0.15) is 0 Å². The number of nitrogens with zero attached hydrogens (tertiary/aromatic N) is 1. The fraction of sp³-hybridized carbons (Fsp3) is 0.409. The second-order valence-corrected chi connectivity index (χ2v) is 7.04. The van der Waals surface area contributed by atoms with Crippen molar-refractivity contribution in [3.05, 3.63) is 59.7 Å². The molecule has 0 radical (unpaired) electrons. The van der Waals surface area contributed by atoms with Crippen LogP contribution in [0.25, 0.3) is 0 Å². The molecule has 1 aliphatic rings. The predicted octanol–water partition coefficient (Wildman–Crippen LogP) is 3.62. The van der Waals surface area contributed by atoms with Crippen molar-refractivity contribution >= 4 is 18.3 Å². The van der Waals surface area contributed by atoms with Crippen molar-refractivity contribution in [1.82, 2.24) is 10.2 Å². The average molecular weight is 405 g/mol. The van der Waals surface area contributed by atoms with Crippen molar-refractivity contribution in [2.45, 2.75) is 32.4 Å². The molecular weight excluding hydrogens is 376 g/mol. The molecule has 1 fully saturated rings. The second kappa shape index (κ2) is 10.3. The second-order valence-electron chi connectivity index (χ2n) is 7.04. The number of rotatable bonds is 6. The van der Waals surface area contributed by atoms with Gasteiger partial charge in [-0.1, -0.05) is 30.3 Å². The van der Waals surface area contributed by atoms with Gasteiger partial charge in [0.05, 0.1) is 25.7 Å². The number of benzene rings is 2. The summed E-state index contributed by atoms with van der Waals surface area (Å²) in [5, 5.41) is 3.39. The van der Waals surface area contributed by atoms with Gasteiger partial charge in [0.1, 0.15) is 11.5 Å². The summed E-state index contributed by atoms with van der Waals surface area (Å²) in [5.41, 5.74) is 2.01. The standard InChI is InChI=1S/C22H28N2O3.ClH/c1-16(2)27-18-8-6-7-17(13-18)14-22(25)24-12-11-23-15-20(24)19-9-4-5-10-21(19)26-3;/h4-10,13,16,20,23H,11-12,14-15H2,1-3H3;1H. The van der Waals surface area contributed by atoms with Crippen LogP contribution >= 0.6 is 12.4 Å². The van der Waals surface area contributed by atoms with Crippen molar-refractivity contribution in [1.29, 1.82) is 0 Å². The van der Waals surface area contributed by atoms with E-state index in [0.29, 0.717) is 13.0 Å². The van der Waals surface area contributed by atoms with Crippen LogP contribution in [0.3, 0.4) is 0 Å². The molecule has 1 saturated heterocycles. The zero-order chi connectivity index (χ0) is 19.2. The quantitative estimate of drug-likeness (QED) is 0.798. The Labute approximate surface area is 173 Å². The van der Waals surface area contributed by atoms with Crippen LogP contribution in [-0.2, 0) is 11.2 Å². The molecule has 1 amide bonds. The van der Waals surface area contributed by atoms with Gasteiger partial charge >= 0.3 is 0 Å². The molecule has 2 aromatic carbocycles. The number of methoxy groups -OCH3 is 1. The summed E-state index contributed by atoms with van der Waals surface area (Å²) in [6.45, 7) is 6.20. The van der Waals surface area contributed by atoms with Gasteiger partial charge in [0.2, 0.25) is 5.91 Å². The van der Waals surface area contributed by atoms with E-state index in [4.69, 9.17) is 9.47 Å². The first kappa shape index (κ1) is 22.1. The van der Waals surface area contributed by atoms with Crippen LogP contribution in [0.15, 0.2) is 48.5 Å². The zero-order valence-electron chi connectivity index (χ0n) is 16.7. The molecule has 1 aliphatic heterocycles. The lowest BCUT2D eigenvalue weighted by Gasteiger charge is -2.37. The summed E-state index contributed by atoms with van der Waals surface area (Å²) in [6, 6.07) is 15.7. The minimum atomic E-state index is -0.0301. The molecule has 0 bridgehead atoms. The van der Waals surface area contributed by atoms with Gasteiger partial charge in [-0.3, -0.25) is 4.79 Å². The highest BCUT2D eigenvalue weighted by molar-refractivity contribution is 5.85. The van der Waals surface area contributed by atoms with Crippen LogP contribution in [-0.4, -0.2) is 43.7 Å². The summed E-state index contributed by atoms with van der Waals surface area (Å²) >= 11 is 0. The van der Waals surface area contributed by atoms with E-state index in [0.717, 1.165) is 35.7 Å². The number of hydrogen-bond acceptors (Lipinski definition) is 4. The van der Waals surface area contributed by atoms with E-state index in [1.54, 1.807) is 7.11 Å². The Balaban J connectivity index is 0.00000280. The van der Waals surface area contributed by atoms with Gasteiger partial charge in [-0.15, -0.1) is 12.4 Å². The molecule has 0 aromatic heterocycles. The maximum atomic E-state index is 13.1. The van der Waals surface area contributed by atoms with E-state index in [-0.39, 0.29) is 30.5 Å². The van der Waals surface area contributed by atoms with Crippen molar-refractivity contribution in [2.75, 3.05) is 26.7 Å². The molecule has 152 valence electrons. The highest BCUT2D eigenvalue weighted by Crippen LogP contribution is 2.30. The average Bonchev–Trinajstić information content (AvgIpc) is 2.67. The third-order valence-corrected chi connectivity index (χ3v) is 4.69.